The van der Waals surface area contributed by atoms with Gasteiger partial charge in [-0.05, 0) is 26.2 Å². The molecule has 1 unspecified atom stereocenters. The lowest BCUT2D eigenvalue weighted by molar-refractivity contribution is -0.136. The maximum absolute atomic E-state index is 10.8. The van der Waals surface area contributed by atoms with Crippen LogP contribution in [0.4, 0.5) is 0 Å². The van der Waals surface area contributed by atoms with Crippen LogP contribution in [0.3, 0.4) is 0 Å². The maximum Gasteiger partial charge on any atom is 0.152 e. The van der Waals surface area contributed by atoms with Gasteiger partial charge in [-0.2, -0.15) is 0 Å². The number of rotatable bonds is 2. The second-order valence-electron chi connectivity index (χ2n) is 3.09. The molecule has 0 aliphatic carbocycles. The second kappa shape index (κ2) is 4.27. The van der Waals surface area contributed by atoms with E-state index in [-0.39, 0.29) is 0 Å². The number of aldehydes is 1. The van der Waals surface area contributed by atoms with Crippen molar-refractivity contribution in [2.45, 2.75) is 38.2 Å². The molecular formula is C10H14O2. The molecule has 66 valence electrons. The molecule has 1 saturated heterocycles. The van der Waals surface area contributed by atoms with Crippen molar-refractivity contribution >= 4 is 6.29 Å². The highest BCUT2D eigenvalue weighted by Crippen LogP contribution is 2.25. The van der Waals surface area contributed by atoms with E-state index in [9.17, 15) is 4.79 Å². The van der Waals surface area contributed by atoms with Crippen LogP contribution in [0, 0.1) is 11.8 Å². The number of ether oxygens (including phenoxy) is 1. The number of hydrogen-bond acceptors (Lipinski definition) is 2. The summed E-state index contributed by atoms with van der Waals surface area (Å²) in [6.07, 6.45) is 4.42. The van der Waals surface area contributed by atoms with Gasteiger partial charge in [-0.25, -0.2) is 0 Å². The van der Waals surface area contributed by atoms with E-state index in [1.807, 2.05) is 0 Å². The Bertz CT molecular complexity index is 204. The van der Waals surface area contributed by atoms with E-state index in [4.69, 9.17) is 4.74 Å². The summed E-state index contributed by atoms with van der Waals surface area (Å²) >= 11 is 0. The van der Waals surface area contributed by atoms with Crippen LogP contribution in [0.5, 0.6) is 0 Å². The monoisotopic (exact) mass is 166 g/mol. The quantitative estimate of drug-likeness (QED) is 0.459. The van der Waals surface area contributed by atoms with Gasteiger partial charge in [-0.3, -0.25) is 0 Å². The van der Waals surface area contributed by atoms with Gasteiger partial charge in [0.1, 0.15) is 5.60 Å². The van der Waals surface area contributed by atoms with Crippen molar-refractivity contribution in [1.29, 1.82) is 0 Å². The molecule has 0 radical (unpaired) electrons. The molecule has 1 rings (SSSR count). The minimum absolute atomic E-state index is 0.549. The number of carbonyl (C=O) groups excluding carboxylic acids is 1. The average Bonchev–Trinajstić information content (AvgIpc) is 2.16. The Morgan fingerprint density at radius 1 is 1.58 bits per heavy atom. The normalized spacial score (nSPS) is 28.8. The van der Waals surface area contributed by atoms with E-state index in [0.717, 1.165) is 25.5 Å². The molecule has 12 heavy (non-hydrogen) atoms. The van der Waals surface area contributed by atoms with E-state index in [0.29, 0.717) is 13.0 Å². The Balaban J connectivity index is 2.57. The third-order valence-electron chi connectivity index (χ3n) is 2.16. The van der Waals surface area contributed by atoms with Crippen LogP contribution in [-0.2, 0) is 9.53 Å². The highest BCUT2D eigenvalue weighted by molar-refractivity contribution is 5.63. The van der Waals surface area contributed by atoms with Crippen LogP contribution in [0.1, 0.15) is 32.6 Å². The average molecular weight is 166 g/mol. The molecule has 1 atom stereocenters. The van der Waals surface area contributed by atoms with Gasteiger partial charge in [0, 0.05) is 13.0 Å². The molecule has 2 nitrogen and oxygen atoms in total. The van der Waals surface area contributed by atoms with Crippen LogP contribution in [0.15, 0.2) is 0 Å². The van der Waals surface area contributed by atoms with Gasteiger partial charge in [-0.1, -0.05) is 0 Å². The lowest BCUT2D eigenvalue weighted by Crippen LogP contribution is -2.37. The first-order chi connectivity index (χ1) is 5.83. The fraction of sp³-hybridized carbons (Fsp3) is 0.700. The fourth-order valence-corrected chi connectivity index (χ4v) is 1.39. The minimum atomic E-state index is -0.582. The predicted octanol–water partition coefficient (Wildman–Crippen LogP) is 1.54. The molecule has 0 spiro atoms. The molecule has 0 amide bonds. The molecule has 2 heteroatoms. The third kappa shape index (κ3) is 2.09. The van der Waals surface area contributed by atoms with Crippen molar-refractivity contribution < 1.29 is 9.53 Å². The lowest BCUT2D eigenvalue weighted by atomic mass is 9.92. The van der Waals surface area contributed by atoms with Crippen LogP contribution >= 0.6 is 0 Å². The van der Waals surface area contributed by atoms with Gasteiger partial charge < -0.3 is 9.53 Å². The number of carbonyl (C=O) groups is 1. The third-order valence-corrected chi connectivity index (χ3v) is 2.16. The van der Waals surface area contributed by atoms with E-state index in [1.165, 1.54) is 0 Å². The van der Waals surface area contributed by atoms with Crippen molar-refractivity contribution in [2.24, 2.45) is 0 Å². The topological polar surface area (TPSA) is 26.3 Å². The van der Waals surface area contributed by atoms with Gasteiger partial charge in [-0.15, -0.1) is 11.8 Å². The highest BCUT2D eigenvalue weighted by atomic mass is 16.5. The summed E-state index contributed by atoms with van der Waals surface area (Å²) in [5, 5.41) is 0. The first-order valence-electron chi connectivity index (χ1n) is 4.33. The van der Waals surface area contributed by atoms with Crippen molar-refractivity contribution in [3.8, 4) is 11.8 Å². The van der Waals surface area contributed by atoms with Gasteiger partial charge in [0.25, 0.3) is 0 Å². The first-order valence-corrected chi connectivity index (χ1v) is 4.33. The van der Waals surface area contributed by atoms with E-state index in [2.05, 4.69) is 11.8 Å². The summed E-state index contributed by atoms with van der Waals surface area (Å²) in [7, 11) is 0. The van der Waals surface area contributed by atoms with Crippen LogP contribution in [0.25, 0.3) is 0 Å². The van der Waals surface area contributed by atoms with Crippen molar-refractivity contribution in [1.82, 2.24) is 0 Å². The molecular weight excluding hydrogens is 152 g/mol. The summed E-state index contributed by atoms with van der Waals surface area (Å²) in [6.45, 7) is 2.48. The number of hydrogen-bond donors (Lipinski definition) is 0. The largest absolute Gasteiger partial charge is 0.367 e. The molecule has 0 bridgehead atoms. The molecule has 1 aliphatic rings. The molecule has 1 fully saturated rings. The summed E-state index contributed by atoms with van der Waals surface area (Å²) in [5.74, 6) is 5.69. The van der Waals surface area contributed by atoms with Crippen LogP contribution in [-0.4, -0.2) is 18.5 Å². The van der Waals surface area contributed by atoms with Gasteiger partial charge >= 0.3 is 0 Å². The van der Waals surface area contributed by atoms with Crippen molar-refractivity contribution in [3.63, 3.8) is 0 Å². The zero-order valence-electron chi connectivity index (χ0n) is 7.43. The van der Waals surface area contributed by atoms with Gasteiger partial charge in [0.2, 0.25) is 0 Å². The van der Waals surface area contributed by atoms with Crippen LogP contribution in [0.2, 0.25) is 0 Å². The summed E-state index contributed by atoms with van der Waals surface area (Å²) in [6, 6.07) is 0. The fourth-order valence-electron chi connectivity index (χ4n) is 1.39. The van der Waals surface area contributed by atoms with Gasteiger partial charge in [0.15, 0.2) is 6.29 Å². The Hall–Kier alpha value is -0.810. The van der Waals surface area contributed by atoms with E-state index >= 15 is 0 Å². The summed E-state index contributed by atoms with van der Waals surface area (Å²) in [4.78, 5) is 10.8. The highest BCUT2D eigenvalue weighted by Gasteiger charge is 2.31. The Kier molecular flexibility index (Phi) is 3.31. The van der Waals surface area contributed by atoms with Crippen LogP contribution < -0.4 is 0 Å². The first kappa shape index (κ1) is 9.28. The predicted molar refractivity (Wildman–Crippen MR) is 46.7 cm³/mol. The Labute approximate surface area is 73.3 Å². The molecule has 0 aromatic rings. The minimum Gasteiger partial charge on any atom is -0.367 e. The van der Waals surface area contributed by atoms with E-state index < -0.39 is 5.60 Å². The zero-order valence-corrected chi connectivity index (χ0v) is 7.43. The van der Waals surface area contributed by atoms with Crippen molar-refractivity contribution in [3.05, 3.63) is 0 Å². The molecule has 1 heterocycles. The summed E-state index contributed by atoms with van der Waals surface area (Å²) < 4.78 is 5.45. The lowest BCUT2D eigenvalue weighted by Gasteiger charge is -2.30. The molecule has 0 saturated carbocycles. The molecule has 0 aromatic carbocycles. The standard InChI is InChI=1S/C10H14O2/c1-2-3-6-10(9-11)7-4-5-8-12-10/h9H,4-8H2,1H3. The van der Waals surface area contributed by atoms with Crippen molar-refractivity contribution in [2.75, 3.05) is 6.61 Å². The zero-order chi connectivity index (χ0) is 8.86. The molecule has 0 N–H and O–H groups in total. The smallest absolute Gasteiger partial charge is 0.152 e. The Morgan fingerprint density at radius 3 is 2.92 bits per heavy atom. The summed E-state index contributed by atoms with van der Waals surface area (Å²) in [5.41, 5.74) is -0.582. The molecule has 1 aliphatic heterocycles. The van der Waals surface area contributed by atoms with Gasteiger partial charge in [0.05, 0.1) is 0 Å². The van der Waals surface area contributed by atoms with E-state index in [1.54, 1.807) is 6.92 Å². The SMILES string of the molecule is CC#CCC1(C=O)CCCCO1. The maximum atomic E-state index is 10.8. The molecule has 0 aromatic heterocycles. The second-order valence-corrected chi connectivity index (χ2v) is 3.09. The Morgan fingerprint density at radius 2 is 2.42 bits per heavy atom.